The molecule has 1 aliphatic heterocycles. The highest BCUT2D eigenvalue weighted by molar-refractivity contribution is 9.11. The predicted octanol–water partition coefficient (Wildman–Crippen LogP) is 6.18. The normalized spacial score (nSPS) is 14.8. The van der Waals surface area contributed by atoms with Gasteiger partial charge in [-0.15, -0.1) is 0 Å². The summed E-state index contributed by atoms with van der Waals surface area (Å²) in [6.45, 7) is 1.69. The Labute approximate surface area is 187 Å². The molecule has 0 N–H and O–H groups in total. The van der Waals surface area contributed by atoms with Crippen LogP contribution in [0, 0.1) is 0 Å². The van der Waals surface area contributed by atoms with Crippen molar-refractivity contribution in [3.05, 3.63) is 66.1 Å². The van der Waals surface area contributed by atoms with E-state index < -0.39 is 11.9 Å². The molecule has 1 heterocycles. The molecule has 0 radical (unpaired) electrons. The van der Waals surface area contributed by atoms with Crippen molar-refractivity contribution < 1.29 is 19.1 Å². The van der Waals surface area contributed by atoms with Crippen LogP contribution >= 0.6 is 55.1 Å². The van der Waals surface area contributed by atoms with Gasteiger partial charge in [-0.25, -0.2) is 9.79 Å². The van der Waals surface area contributed by atoms with Crippen LogP contribution in [0.3, 0.4) is 0 Å². The van der Waals surface area contributed by atoms with Gasteiger partial charge in [0, 0.05) is 21.5 Å². The highest BCUT2D eigenvalue weighted by Crippen LogP contribution is 2.35. The van der Waals surface area contributed by atoms with Crippen LogP contribution in [0.5, 0.6) is 5.75 Å². The van der Waals surface area contributed by atoms with Gasteiger partial charge in [0.15, 0.2) is 11.4 Å². The van der Waals surface area contributed by atoms with Crippen LogP contribution in [0.1, 0.15) is 24.5 Å². The molecule has 0 amide bonds. The second kappa shape index (κ2) is 8.78. The lowest BCUT2D eigenvalue weighted by molar-refractivity contribution is -0.134. The molecule has 0 fully saturated rings. The fourth-order valence-corrected chi connectivity index (χ4v) is 4.14. The Morgan fingerprint density at radius 2 is 2.00 bits per heavy atom. The Hall–Kier alpha value is -1.67. The van der Waals surface area contributed by atoms with Gasteiger partial charge in [-0.3, -0.25) is 4.79 Å². The van der Waals surface area contributed by atoms with Crippen LogP contribution in [0.25, 0.3) is 6.08 Å². The van der Waals surface area contributed by atoms with E-state index in [9.17, 15) is 9.59 Å². The summed E-state index contributed by atoms with van der Waals surface area (Å²) < 4.78 is 11.9. The molecule has 0 bridgehead atoms. The van der Waals surface area contributed by atoms with Gasteiger partial charge >= 0.3 is 11.9 Å². The third-order valence-electron chi connectivity index (χ3n) is 3.62. The van der Waals surface area contributed by atoms with Crippen molar-refractivity contribution in [2.45, 2.75) is 13.3 Å². The summed E-state index contributed by atoms with van der Waals surface area (Å²) in [6, 6.07) is 8.20. The number of esters is 2. The van der Waals surface area contributed by atoms with E-state index in [1.807, 2.05) is 0 Å². The van der Waals surface area contributed by atoms with Crippen LogP contribution in [0.2, 0.25) is 10.0 Å². The molecule has 0 aliphatic carbocycles. The molecule has 0 spiro atoms. The number of halogens is 4. The van der Waals surface area contributed by atoms with E-state index in [4.69, 9.17) is 32.7 Å². The number of hydrogen-bond donors (Lipinski definition) is 0. The maximum atomic E-state index is 12.3. The number of benzene rings is 2. The third kappa shape index (κ3) is 4.66. The number of ether oxygens (including phenoxy) is 2. The Kier molecular flexibility index (Phi) is 6.60. The van der Waals surface area contributed by atoms with Crippen LogP contribution in [0.4, 0.5) is 0 Å². The first-order valence-corrected chi connectivity index (χ1v) is 10.3. The van der Waals surface area contributed by atoms with Gasteiger partial charge in [0.1, 0.15) is 0 Å². The van der Waals surface area contributed by atoms with Crippen molar-refractivity contribution in [2.24, 2.45) is 4.99 Å². The zero-order valence-corrected chi connectivity index (χ0v) is 18.9. The minimum absolute atomic E-state index is 0.0415. The van der Waals surface area contributed by atoms with Gasteiger partial charge in [0.05, 0.1) is 15.1 Å². The predicted molar refractivity (Wildman–Crippen MR) is 115 cm³/mol. The van der Waals surface area contributed by atoms with Gasteiger partial charge < -0.3 is 9.47 Å². The maximum absolute atomic E-state index is 12.3. The summed E-state index contributed by atoms with van der Waals surface area (Å²) in [6.07, 6.45) is 1.69. The van der Waals surface area contributed by atoms with Crippen molar-refractivity contribution >= 4 is 79.0 Å². The Balaban J connectivity index is 2.04. The molecule has 0 atom stereocenters. The van der Waals surface area contributed by atoms with Crippen LogP contribution in [-0.4, -0.2) is 17.8 Å². The summed E-state index contributed by atoms with van der Waals surface area (Å²) in [5.74, 6) is -0.707. The standard InChI is InChI=1S/C19H11Br2Cl2NO4/c1-2-16(25)27-17-9(5-10(20)7-13(17)21)6-15-19(26)28-18(24-15)12-4-3-11(22)8-14(12)23/h3-8H,2H2,1H3/b15-6-. The molecule has 5 nitrogen and oxygen atoms in total. The quantitative estimate of drug-likeness (QED) is 0.260. The van der Waals surface area contributed by atoms with E-state index in [2.05, 4.69) is 36.9 Å². The molecule has 28 heavy (non-hydrogen) atoms. The van der Waals surface area contributed by atoms with Crippen molar-refractivity contribution in [1.82, 2.24) is 0 Å². The molecule has 0 saturated carbocycles. The summed E-state index contributed by atoms with van der Waals surface area (Å²) in [4.78, 5) is 28.3. The number of carbonyl (C=O) groups is 2. The van der Waals surface area contributed by atoms with Crippen molar-refractivity contribution in [3.8, 4) is 5.75 Å². The van der Waals surface area contributed by atoms with Crippen molar-refractivity contribution in [1.29, 1.82) is 0 Å². The molecule has 3 rings (SSSR count). The zero-order chi connectivity index (χ0) is 20.4. The Bertz CT molecular complexity index is 1050. The minimum atomic E-state index is -0.648. The number of hydrogen-bond acceptors (Lipinski definition) is 5. The molecule has 2 aromatic rings. The van der Waals surface area contributed by atoms with Gasteiger partial charge in [0.2, 0.25) is 5.90 Å². The molecule has 144 valence electrons. The molecule has 0 saturated heterocycles. The summed E-state index contributed by atoms with van der Waals surface area (Å²) >= 11 is 18.8. The summed E-state index contributed by atoms with van der Waals surface area (Å²) in [5, 5.41) is 0.763. The first-order valence-electron chi connectivity index (χ1n) is 7.96. The molecule has 0 unspecified atom stereocenters. The second-order valence-electron chi connectivity index (χ2n) is 5.59. The second-order valence-corrected chi connectivity index (χ2v) is 8.21. The minimum Gasteiger partial charge on any atom is -0.425 e. The van der Waals surface area contributed by atoms with Crippen molar-refractivity contribution in [2.75, 3.05) is 0 Å². The molecule has 2 aromatic carbocycles. The number of nitrogens with zero attached hydrogens (tertiary/aromatic N) is 1. The smallest absolute Gasteiger partial charge is 0.363 e. The monoisotopic (exact) mass is 545 g/mol. The number of cyclic esters (lactones) is 1. The average molecular weight is 548 g/mol. The zero-order valence-electron chi connectivity index (χ0n) is 14.3. The highest BCUT2D eigenvalue weighted by Gasteiger charge is 2.26. The molecule has 1 aliphatic rings. The number of carbonyl (C=O) groups excluding carboxylic acids is 2. The van der Waals surface area contributed by atoms with Gasteiger partial charge in [-0.05, 0) is 52.3 Å². The number of aliphatic imine (C=N–C) groups is 1. The van der Waals surface area contributed by atoms with E-state index in [0.717, 1.165) is 4.47 Å². The van der Waals surface area contributed by atoms with E-state index in [0.29, 0.717) is 25.6 Å². The van der Waals surface area contributed by atoms with E-state index >= 15 is 0 Å². The van der Waals surface area contributed by atoms with Gasteiger partial charge in [0.25, 0.3) is 0 Å². The molecular weight excluding hydrogens is 537 g/mol. The van der Waals surface area contributed by atoms with Crippen LogP contribution < -0.4 is 4.74 Å². The summed E-state index contributed by atoms with van der Waals surface area (Å²) in [7, 11) is 0. The lowest BCUT2D eigenvalue weighted by atomic mass is 10.1. The van der Waals surface area contributed by atoms with E-state index in [1.165, 1.54) is 12.1 Å². The van der Waals surface area contributed by atoms with Gasteiger partial charge in [-0.2, -0.15) is 0 Å². The molecule has 0 aromatic heterocycles. The molecular formula is C19H11Br2Cl2NO4. The highest BCUT2D eigenvalue weighted by atomic mass is 79.9. The Morgan fingerprint density at radius 1 is 1.25 bits per heavy atom. The fourth-order valence-electron chi connectivity index (χ4n) is 2.32. The van der Waals surface area contributed by atoms with E-state index in [1.54, 1.807) is 31.2 Å². The SMILES string of the molecule is CCC(=O)Oc1c(Br)cc(Br)cc1/C=C1\N=C(c2ccc(Cl)cc2Cl)OC1=O. The van der Waals surface area contributed by atoms with Crippen LogP contribution in [-0.2, 0) is 14.3 Å². The van der Waals surface area contributed by atoms with Crippen molar-refractivity contribution in [3.63, 3.8) is 0 Å². The largest absolute Gasteiger partial charge is 0.425 e. The number of rotatable bonds is 4. The third-order valence-corrected chi connectivity index (χ3v) is 5.21. The summed E-state index contributed by atoms with van der Waals surface area (Å²) in [5.41, 5.74) is 0.956. The average Bonchev–Trinajstić information content (AvgIpc) is 2.98. The van der Waals surface area contributed by atoms with Crippen LogP contribution in [0.15, 0.2) is 50.0 Å². The molecule has 9 heteroatoms. The topological polar surface area (TPSA) is 65.0 Å². The lowest BCUT2D eigenvalue weighted by Gasteiger charge is -2.10. The maximum Gasteiger partial charge on any atom is 0.363 e. The first-order chi connectivity index (χ1) is 13.3. The van der Waals surface area contributed by atoms with Gasteiger partial charge in [-0.1, -0.05) is 46.1 Å². The Morgan fingerprint density at radius 3 is 2.68 bits per heavy atom. The van der Waals surface area contributed by atoms with E-state index in [-0.39, 0.29) is 23.8 Å². The first kappa shape index (κ1) is 21.0. The fraction of sp³-hybridized carbons (Fsp3) is 0.105. The lowest BCUT2D eigenvalue weighted by Crippen LogP contribution is -2.08.